The third-order valence-electron chi connectivity index (χ3n) is 7.24. The summed E-state index contributed by atoms with van der Waals surface area (Å²) in [6.45, 7) is 0. The third kappa shape index (κ3) is 4.08. The molecule has 0 saturated carbocycles. The van der Waals surface area contributed by atoms with Crippen LogP contribution in [0.2, 0.25) is 0 Å². The van der Waals surface area contributed by atoms with E-state index in [1.54, 1.807) is 36.4 Å². The Bertz CT molecular complexity index is 1570. The predicted molar refractivity (Wildman–Crippen MR) is 138 cm³/mol. The number of phenols is 6. The van der Waals surface area contributed by atoms with Crippen LogP contribution in [-0.2, 0) is 6.42 Å². The zero-order valence-corrected chi connectivity index (χ0v) is 20.4. The van der Waals surface area contributed by atoms with E-state index in [0.29, 0.717) is 29.5 Å². The van der Waals surface area contributed by atoms with E-state index < -0.39 is 46.7 Å². The number of rotatable bonds is 4. The van der Waals surface area contributed by atoms with Crippen LogP contribution in [0, 0.1) is 0 Å². The van der Waals surface area contributed by atoms with Crippen molar-refractivity contribution < 1.29 is 44.9 Å². The van der Waals surface area contributed by atoms with Gasteiger partial charge in [0.15, 0.2) is 5.78 Å². The lowest BCUT2D eigenvalue weighted by Crippen LogP contribution is -2.22. The van der Waals surface area contributed by atoms with Gasteiger partial charge in [-0.2, -0.15) is 0 Å². The van der Waals surface area contributed by atoms with Crippen molar-refractivity contribution in [1.29, 1.82) is 0 Å². The summed E-state index contributed by atoms with van der Waals surface area (Å²) in [7, 11) is 0. The SMILES string of the molecule is O=C(c1c(O)cc(O)cc1O)[C@H]1c2c(cc(O)c3c2O[C@H](c2ccc(O)cc2)CC3)O[C@@H]1c1ccc(O)cc1. The molecule has 0 amide bonds. The minimum atomic E-state index is -1.13. The Morgan fingerprint density at radius 3 is 1.90 bits per heavy atom. The summed E-state index contributed by atoms with van der Waals surface area (Å²) < 4.78 is 12.6. The van der Waals surface area contributed by atoms with Gasteiger partial charge in [0, 0.05) is 23.8 Å². The van der Waals surface area contributed by atoms with Crippen LogP contribution in [-0.4, -0.2) is 36.4 Å². The van der Waals surface area contributed by atoms with Crippen LogP contribution in [0.4, 0.5) is 0 Å². The summed E-state index contributed by atoms with van der Waals surface area (Å²) >= 11 is 0. The number of hydrogen-bond acceptors (Lipinski definition) is 9. The first-order valence-electron chi connectivity index (χ1n) is 12.3. The molecule has 4 aromatic rings. The number of carbonyl (C=O) groups excluding carboxylic acids is 1. The maximum absolute atomic E-state index is 14.1. The van der Waals surface area contributed by atoms with Crippen LogP contribution in [0.15, 0.2) is 66.7 Å². The van der Waals surface area contributed by atoms with Gasteiger partial charge >= 0.3 is 0 Å². The summed E-state index contributed by atoms with van der Waals surface area (Å²) in [5, 5.41) is 61.2. The number of benzene rings is 4. The zero-order valence-electron chi connectivity index (χ0n) is 20.4. The molecule has 6 rings (SSSR count). The molecular formula is C30H24O9. The molecule has 0 aromatic heterocycles. The summed E-state index contributed by atoms with van der Waals surface area (Å²) in [6.07, 6.45) is -0.433. The monoisotopic (exact) mass is 528 g/mol. The molecule has 0 fully saturated rings. The zero-order chi connectivity index (χ0) is 27.4. The molecule has 0 aliphatic carbocycles. The second kappa shape index (κ2) is 9.05. The van der Waals surface area contributed by atoms with Crippen molar-refractivity contribution in [3.8, 4) is 46.0 Å². The van der Waals surface area contributed by atoms with Crippen LogP contribution in [0.1, 0.15) is 57.2 Å². The smallest absolute Gasteiger partial charge is 0.182 e. The van der Waals surface area contributed by atoms with Gasteiger partial charge in [0.25, 0.3) is 0 Å². The Morgan fingerprint density at radius 2 is 1.28 bits per heavy atom. The number of ketones is 1. The molecule has 4 aromatic carbocycles. The minimum Gasteiger partial charge on any atom is -0.508 e. The van der Waals surface area contributed by atoms with Gasteiger partial charge in [-0.05, 0) is 48.2 Å². The number of hydrogen-bond donors (Lipinski definition) is 6. The molecular weight excluding hydrogens is 504 g/mol. The lowest BCUT2D eigenvalue weighted by Gasteiger charge is -2.29. The molecule has 0 unspecified atom stereocenters. The van der Waals surface area contributed by atoms with Gasteiger partial charge in [-0.3, -0.25) is 4.79 Å². The van der Waals surface area contributed by atoms with Crippen LogP contribution in [0.5, 0.6) is 46.0 Å². The van der Waals surface area contributed by atoms with Crippen LogP contribution >= 0.6 is 0 Å². The van der Waals surface area contributed by atoms with Crippen molar-refractivity contribution in [1.82, 2.24) is 0 Å². The van der Waals surface area contributed by atoms with Crippen molar-refractivity contribution >= 4 is 5.78 Å². The molecule has 198 valence electrons. The minimum absolute atomic E-state index is 0.0149. The lowest BCUT2D eigenvalue weighted by atomic mass is 9.82. The summed E-state index contributed by atoms with van der Waals surface area (Å²) in [5.41, 5.74) is 1.77. The third-order valence-corrected chi connectivity index (χ3v) is 7.24. The highest BCUT2D eigenvalue weighted by Crippen LogP contribution is 2.57. The molecule has 2 aliphatic heterocycles. The van der Waals surface area contributed by atoms with E-state index in [9.17, 15) is 35.4 Å². The molecule has 9 heteroatoms. The first kappa shape index (κ1) is 24.3. The van der Waals surface area contributed by atoms with E-state index in [1.165, 1.54) is 18.2 Å². The predicted octanol–water partition coefficient (Wildman–Crippen LogP) is 5.09. The van der Waals surface area contributed by atoms with Gasteiger partial charge in [0.2, 0.25) is 0 Å². The van der Waals surface area contributed by atoms with Gasteiger partial charge < -0.3 is 40.1 Å². The van der Waals surface area contributed by atoms with E-state index in [4.69, 9.17) is 9.47 Å². The molecule has 39 heavy (non-hydrogen) atoms. The van der Waals surface area contributed by atoms with E-state index in [0.717, 1.165) is 17.7 Å². The number of ether oxygens (including phenoxy) is 2. The Labute approximate surface area is 222 Å². The van der Waals surface area contributed by atoms with Crippen LogP contribution < -0.4 is 9.47 Å². The van der Waals surface area contributed by atoms with Crippen LogP contribution in [0.3, 0.4) is 0 Å². The standard InChI is InChI=1S/C30H24O9/c31-16-5-1-14(2-6-16)23-10-9-19-20(34)13-24-26(30(19)38-23)27(29(39-24)15-3-7-17(32)8-4-15)28(37)25-21(35)11-18(33)12-22(25)36/h1-8,11-13,23,27,29,31-36H,9-10H2/t23-,27+,29+/m0/s1. The quantitative estimate of drug-likeness (QED) is 0.199. The molecule has 2 aliphatic rings. The second-order valence-corrected chi connectivity index (χ2v) is 9.68. The highest BCUT2D eigenvalue weighted by atomic mass is 16.5. The van der Waals surface area contributed by atoms with E-state index in [2.05, 4.69) is 0 Å². The Hall–Kier alpha value is -5.05. The molecule has 3 atom stereocenters. The average molecular weight is 529 g/mol. The van der Waals surface area contributed by atoms with E-state index in [1.807, 2.05) is 0 Å². The fraction of sp³-hybridized carbons (Fsp3) is 0.167. The fourth-order valence-electron chi connectivity index (χ4n) is 5.40. The molecule has 0 radical (unpaired) electrons. The molecule has 2 heterocycles. The highest BCUT2D eigenvalue weighted by Gasteiger charge is 2.47. The highest BCUT2D eigenvalue weighted by molar-refractivity contribution is 6.07. The molecule has 0 bridgehead atoms. The maximum Gasteiger partial charge on any atom is 0.182 e. The number of aromatic hydroxyl groups is 6. The van der Waals surface area contributed by atoms with Crippen molar-refractivity contribution in [2.24, 2.45) is 0 Å². The number of phenolic OH excluding ortho intramolecular Hbond substituents is 6. The molecule has 6 N–H and O–H groups in total. The molecule has 0 spiro atoms. The topological polar surface area (TPSA) is 157 Å². The van der Waals surface area contributed by atoms with Gasteiger partial charge in [0.1, 0.15) is 63.8 Å². The van der Waals surface area contributed by atoms with Gasteiger partial charge in [-0.1, -0.05) is 24.3 Å². The number of carbonyl (C=O) groups is 1. The van der Waals surface area contributed by atoms with E-state index >= 15 is 0 Å². The maximum atomic E-state index is 14.1. The Morgan fingerprint density at radius 1 is 0.692 bits per heavy atom. The van der Waals surface area contributed by atoms with Crippen LogP contribution in [0.25, 0.3) is 0 Å². The first-order valence-corrected chi connectivity index (χ1v) is 12.3. The first-order chi connectivity index (χ1) is 18.7. The summed E-state index contributed by atoms with van der Waals surface area (Å²) in [6, 6.07) is 16.0. The van der Waals surface area contributed by atoms with Crippen molar-refractivity contribution in [3.05, 3.63) is 94.5 Å². The fourth-order valence-corrected chi connectivity index (χ4v) is 5.40. The molecule has 9 nitrogen and oxygen atoms in total. The lowest BCUT2D eigenvalue weighted by molar-refractivity contribution is 0.0886. The Balaban J connectivity index is 1.52. The number of fused-ring (bicyclic) bond motifs is 3. The second-order valence-electron chi connectivity index (χ2n) is 9.68. The number of Topliss-reactive ketones (excluding diaryl/α,β-unsaturated/α-hetero) is 1. The van der Waals surface area contributed by atoms with Gasteiger partial charge in [0.05, 0.1) is 11.5 Å². The van der Waals surface area contributed by atoms with Gasteiger partial charge in [-0.15, -0.1) is 0 Å². The van der Waals surface area contributed by atoms with Gasteiger partial charge in [-0.25, -0.2) is 0 Å². The summed E-state index contributed by atoms with van der Waals surface area (Å²) in [5.74, 6) is -2.90. The van der Waals surface area contributed by atoms with Crippen molar-refractivity contribution in [3.63, 3.8) is 0 Å². The largest absolute Gasteiger partial charge is 0.508 e. The normalized spacial score (nSPS) is 19.4. The average Bonchev–Trinajstić information content (AvgIpc) is 3.28. The van der Waals surface area contributed by atoms with Crippen molar-refractivity contribution in [2.75, 3.05) is 0 Å². The Kier molecular flexibility index (Phi) is 5.64. The van der Waals surface area contributed by atoms with Crippen molar-refractivity contribution in [2.45, 2.75) is 31.0 Å². The summed E-state index contributed by atoms with van der Waals surface area (Å²) in [4.78, 5) is 14.1. The van der Waals surface area contributed by atoms with E-state index in [-0.39, 0.29) is 28.7 Å². The molecule has 0 saturated heterocycles.